The fourth-order valence-electron chi connectivity index (χ4n) is 1.89. The second-order valence-electron chi connectivity index (χ2n) is 4.61. The summed E-state index contributed by atoms with van der Waals surface area (Å²) in [6.07, 6.45) is 0. The minimum absolute atomic E-state index is 0.0119. The Balaban J connectivity index is 2.98. The van der Waals surface area contributed by atoms with E-state index in [1.807, 2.05) is 26.1 Å². The van der Waals surface area contributed by atoms with Crippen LogP contribution in [0.2, 0.25) is 0 Å². The molecule has 0 saturated carbocycles. The zero-order chi connectivity index (χ0) is 12.3. The molecule has 0 heterocycles. The number of nitrogens with two attached hydrogens (primary N) is 1. The maximum atomic E-state index is 12.9. The monoisotopic (exact) mass is 224 g/mol. The van der Waals surface area contributed by atoms with E-state index in [2.05, 4.69) is 18.7 Å². The van der Waals surface area contributed by atoms with E-state index in [0.717, 1.165) is 5.56 Å². The third-order valence-corrected chi connectivity index (χ3v) is 2.96. The number of hydrogen-bond donors (Lipinski definition) is 1. The highest BCUT2D eigenvalue weighted by Crippen LogP contribution is 2.24. The highest BCUT2D eigenvalue weighted by Gasteiger charge is 2.22. The van der Waals surface area contributed by atoms with Gasteiger partial charge in [-0.2, -0.15) is 0 Å². The molecular weight excluding hydrogens is 203 g/mol. The van der Waals surface area contributed by atoms with Gasteiger partial charge in [0.25, 0.3) is 0 Å². The van der Waals surface area contributed by atoms with E-state index >= 15 is 0 Å². The summed E-state index contributed by atoms with van der Waals surface area (Å²) in [4.78, 5) is 2.21. The van der Waals surface area contributed by atoms with Crippen LogP contribution in [0.25, 0.3) is 0 Å². The summed E-state index contributed by atoms with van der Waals surface area (Å²) < 4.78 is 12.9. The van der Waals surface area contributed by atoms with Gasteiger partial charge < -0.3 is 5.73 Å². The fraction of sp³-hybridized carbons (Fsp3) is 0.538. The zero-order valence-electron chi connectivity index (χ0n) is 10.4. The summed E-state index contributed by atoms with van der Waals surface area (Å²) in [6, 6.07) is 7.13. The van der Waals surface area contributed by atoms with Crippen molar-refractivity contribution in [3.8, 4) is 0 Å². The molecule has 0 amide bonds. The van der Waals surface area contributed by atoms with Gasteiger partial charge in [0, 0.05) is 18.1 Å². The molecule has 1 rings (SSSR count). The second kappa shape index (κ2) is 5.41. The molecule has 0 radical (unpaired) electrons. The Bertz CT molecular complexity index is 319. The van der Waals surface area contributed by atoms with Crippen LogP contribution in [-0.2, 0) is 0 Å². The predicted octanol–water partition coefficient (Wildman–Crippen LogP) is 2.55. The van der Waals surface area contributed by atoms with Crippen LogP contribution < -0.4 is 5.73 Å². The third kappa shape index (κ3) is 3.03. The first-order valence-electron chi connectivity index (χ1n) is 5.66. The van der Waals surface area contributed by atoms with Crippen molar-refractivity contribution < 1.29 is 4.39 Å². The van der Waals surface area contributed by atoms with Crippen LogP contribution in [0.1, 0.15) is 32.4 Å². The number of halogens is 1. The van der Waals surface area contributed by atoms with Crippen molar-refractivity contribution in [1.29, 1.82) is 0 Å². The molecule has 0 aliphatic heterocycles. The molecule has 2 unspecified atom stereocenters. The molecule has 0 fully saturated rings. The molecule has 16 heavy (non-hydrogen) atoms. The SMILES string of the molecule is CC(N)C(c1ccc(F)cc1)N(C)C(C)C. The molecular formula is C13H21FN2. The number of hydrogen-bond acceptors (Lipinski definition) is 2. The van der Waals surface area contributed by atoms with Crippen LogP contribution in [0, 0.1) is 5.82 Å². The maximum absolute atomic E-state index is 12.9. The number of rotatable bonds is 4. The van der Waals surface area contributed by atoms with E-state index in [9.17, 15) is 4.39 Å². The molecule has 90 valence electrons. The van der Waals surface area contributed by atoms with Crippen LogP contribution >= 0.6 is 0 Å². The first-order chi connectivity index (χ1) is 7.43. The van der Waals surface area contributed by atoms with Crippen molar-refractivity contribution in [2.75, 3.05) is 7.05 Å². The van der Waals surface area contributed by atoms with Gasteiger partial charge in [-0.3, -0.25) is 4.90 Å². The quantitative estimate of drug-likeness (QED) is 0.851. The number of likely N-dealkylation sites (N-methyl/N-ethyl adjacent to an activating group) is 1. The van der Waals surface area contributed by atoms with E-state index < -0.39 is 0 Å². The summed E-state index contributed by atoms with van der Waals surface area (Å²) in [7, 11) is 2.04. The molecule has 0 bridgehead atoms. The van der Waals surface area contributed by atoms with Gasteiger partial charge in [-0.05, 0) is 45.5 Å². The summed E-state index contributed by atoms with van der Waals surface area (Å²) >= 11 is 0. The van der Waals surface area contributed by atoms with Crippen molar-refractivity contribution in [3.63, 3.8) is 0 Å². The Morgan fingerprint density at radius 1 is 1.12 bits per heavy atom. The fourth-order valence-corrected chi connectivity index (χ4v) is 1.89. The topological polar surface area (TPSA) is 29.3 Å². The summed E-state index contributed by atoms with van der Waals surface area (Å²) in [5.74, 6) is -0.209. The molecule has 0 aromatic heterocycles. The molecule has 0 aliphatic rings. The van der Waals surface area contributed by atoms with E-state index in [1.54, 1.807) is 0 Å². The highest BCUT2D eigenvalue weighted by atomic mass is 19.1. The van der Waals surface area contributed by atoms with Crippen molar-refractivity contribution >= 4 is 0 Å². The van der Waals surface area contributed by atoms with Crippen LogP contribution in [0.4, 0.5) is 4.39 Å². The van der Waals surface area contributed by atoms with Gasteiger partial charge in [-0.15, -0.1) is 0 Å². The molecule has 1 aromatic rings. The molecule has 0 aliphatic carbocycles. The Morgan fingerprint density at radius 2 is 1.62 bits per heavy atom. The van der Waals surface area contributed by atoms with Gasteiger partial charge in [0.1, 0.15) is 5.82 Å². The van der Waals surface area contributed by atoms with E-state index in [1.165, 1.54) is 12.1 Å². The van der Waals surface area contributed by atoms with Gasteiger partial charge in [-0.1, -0.05) is 12.1 Å². The number of benzene rings is 1. The molecule has 2 nitrogen and oxygen atoms in total. The average molecular weight is 224 g/mol. The lowest BCUT2D eigenvalue weighted by molar-refractivity contribution is 0.175. The van der Waals surface area contributed by atoms with Crippen molar-refractivity contribution in [3.05, 3.63) is 35.6 Å². The summed E-state index contributed by atoms with van der Waals surface area (Å²) in [5, 5.41) is 0. The van der Waals surface area contributed by atoms with Gasteiger partial charge in [0.05, 0.1) is 0 Å². The Morgan fingerprint density at radius 3 is 2.00 bits per heavy atom. The molecule has 0 saturated heterocycles. The largest absolute Gasteiger partial charge is 0.326 e. The van der Waals surface area contributed by atoms with Gasteiger partial charge in [0.15, 0.2) is 0 Å². The molecule has 2 atom stereocenters. The number of nitrogens with zero attached hydrogens (tertiary/aromatic N) is 1. The predicted molar refractivity (Wildman–Crippen MR) is 65.7 cm³/mol. The zero-order valence-corrected chi connectivity index (χ0v) is 10.4. The van der Waals surface area contributed by atoms with Crippen molar-refractivity contribution in [2.24, 2.45) is 5.73 Å². The lowest BCUT2D eigenvalue weighted by atomic mass is 9.98. The standard InChI is InChI=1S/C13H21FN2/c1-9(2)16(4)13(10(3)15)11-5-7-12(14)8-6-11/h5-10,13H,15H2,1-4H3. The van der Waals surface area contributed by atoms with Crippen molar-refractivity contribution in [2.45, 2.75) is 38.9 Å². The van der Waals surface area contributed by atoms with E-state index in [4.69, 9.17) is 5.73 Å². The maximum Gasteiger partial charge on any atom is 0.123 e. The Labute approximate surface area is 97.3 Å². The lowest BCUT2D eigenvalue weighted by Gasteiger charge is -2.34. The van der Waals surface area contributed by atoms with E-state index in [-0.39, 0.29) is 17.9 Å². The van der Waals surface area contributed by atoms with E-state index in [0.29, 0.717) is 6.04 Å². The Hall–Kier alpha value is -0.930. The smallest absolute Gasteiger partial charge is 0.123 e. The van der Waals surface area contributed by atoms with Gasteiger partial charge in [-0.25, -0.2) is 4.39 Å². The van der Waals surface area contributed by atoms with Crippen LogP contribution in [0.15, 0.2) is 24.3 Å². The normalized spacial score (nSPS) is 15.5. The average Bonchev–Trinajstić information content (AvgIpc) is 2.20. The first kappa shape index (κ1) is 13.1. The first-order valence-corrected chi connectivity index (χ1v) is 5.66. The summed E-state index contributed by atoms with van der Waals surface area (Å²) in [5.41, 5.74) is 7.07. The van der Waals surface area contributed by atoms with Crippen molar-refractivity contribution in [1.82, 2.24) is 4.90 Å². The second-order valence-corrected chi connectivity index (χ2v) is 4.61. The highest BCUT2D eigenvalue weighted by molar-refractivity contribution is 5.21. The van der Waals surface area contributed by atoms with Crippen LogP contribution in [-0.4, -0.2) is 24.0 Å². The summed E-state index contributed by atoms with van der Waals surface area (Å²) in [6.45, 7) is 6.23. The Kier molecular flexibility index (Phi) is 4.44. The molecule has 3 heteroatoms. The molecule has 0 spiro atoms. The van der Waals surface area contributed by atoms with Crippen LogP contribution in [0.5, 0.6) is 0 Å². The third-order valence-electron chi connectivity index (χ3n) is 2.96. The molecule has 2 N–H and O–H groups in total. The minimum Gasteiger partial charge on any atom is -0.326 e. The minimum atomic E-state index is -0.209. The van der Waals surface area contributed by atoms with Gasteiger partial charge >= 0.3 is 0 Å². The van der Waals surface area contributed by atoms with Crippen LogP contribution in [0.3, 0.4) is 0 Å². The lowest BCUT2D eigenvalue weighted by Crippen LogP contribution is -2.40. The van der Waals surface area contributed by atoms with Gasteiger partial charge in [0.2, 0.25) is 0 Å². The molecule has 1 aromatic carbocycles.